The van der Waals surface area contributed by atoms with Crippen LogP contribution in [0.3, 0.4) is 0 Å². The molecule has 7 heteroatoms. The number of hydrogen-bond acceptors (Lipinski definition) is 2. The topological polar surface area (TPSA) is 32.3 Å². The number of nitrogens with zero attached hydrogens (tertiary/aromatic N) is 1. The highest BCUT2D eigenvalue weighted by Gasteiger charge is 2.29. The van der Waals surface area contributed by atoms with Crippen LogP contribution in [0.1, 0.15) is 18.7 Å². The summed E-state index contributed by atoms with van der Waals surface area (Å²) in [4.78, 5) is 14.0. The third-order valence-corrected chi connectivity index (χ3v) is 3.09. The lowest BCUT2D eigenvalue weighted by Crippen LogP contribution is -2.46. The summed E-state index contributed by atoms with van der Waals surface area (Å²) in [5, 5.41) is 3.75. The van der Waals surface area contributed by atoms with E-state index in [9.17, 15) is 18.0 Å². The van der Waals surface area contributed by atoms with Crippen molar-refractivity contribution < 1.29 is 18.0 Å². The number of nitrogens with one attached hydrogen (secondary N) is 1. The van der Waals surface area contributed by atoms with Crippen molar-refractivity contribution >= 4 is 17.4 Å². The highest BCUT2D eigenvalue weighted by atomic mass is 32.1. The maximum absolute atomic E-state index is 12.0. The van der Waals surface area contributed by atoms with Gasteiger partial charge in [-0.15, -0.1) is 11.3 Å². The molecule has 0 aliphatic heterocycles. The largest absolute Gasteiger partial charge is 0.405 e. The second kappa shape index (κ2) is 6.08. The van der Waals surface area contributed by atoms with Gasteiger partial charge in [-0.2, -0.15) is 13.2 Å². The molecule has 1 rings (SSSR count). The number of halogens is 3. The standard InChI is InChI=1S/C11H15F3N2OS/c1-8(2)16(6-9-4-3-5-18-9)10(17)15-7-11(12,13)14/h3-5,8H,6-7H2,1-2H3,(H,15,17). The first kappa shape index (κ1) is 14.8. The van der Waals surface area contributed by atoms with E-state index >= 15 is 0 Å². The van der Waals surface area contributed by atoms with Gasteiger partial charge in [0, 0.05) is 10.9 Å². The van der Waals surface area contributed by atoms with Gasteiger partial charge >= 0.3 is 12.2 Å². The van der Waals surface area contributed by atoms with Crippen molar-refractivity contribution in [2.75, 3.05) is 6.54 Å². The number of hydrogen-bond donors (Lipinski definition) is 1. The first-order chi connectivity index (χ1) is 8.29. The SMILES string of the molecule is CC(C)N(Cc1cccs1)C(=O)NCC(F)(F)F. The summed E-state index contributed by atoms with van der Waals surface area (Å²) in [6, 6.07) is 2.82. The Balaban J connectivity index is 2.59. The van der Waals surface area contributed by atoms with Crippen molar-refractivity contribution in [3.63, 3.8) is 0 Å². The highest BCUT2D eigenvalue weighted by molar-refractivity contribution is 7.09. The highest BCUT2D eigenvalue weighted by Crippen LogP contribution is 2.15. The molecule has 0 aromatic carbocycles. The molecule has 0 radical (unpaired) electrons. The fourth-order valence-corrected chi connectivity index (χ4v) is 2.04. The molecule has 0 aliphatic rings. The van der Waals surface area contributed by atoms with E-state index in [1.54, 1.807) is 13.8 Å². The smallest absolute Gasteiger partial charge is 0.329 e. The number of amides is 2. The van der Waals surface area contributed by atoms with Crippen LogP contribution in [0, 0.1) is 0 Å². The van der Waals surface area contributed by atoms with Gasteiger partial charge in [0.15, 0.2) is 0 Å². The minimum atomic E-state index is -4.39. The Morgan fingerprint density at radius 2 is 2.17 bits per heavy atom. The molecule has 0 spiro atoms. The maximum atomic E-state index is 12.0. The second-order valence-electron chi connectivity index (χ2n) is 4.07. The molecule has 0 saturated carbocycles. The molecule has 2 amide bonds. The zero-order valence-electron chi connectivity index (χ0n) is 10.1. The quantitative estimate of drug-likeness (QED) is 0.902. The third kappa shape index (κ3) is 4.95. The van der Waals surface area contributed by atoms with Crippen LogP contribution in [-0.4, -0.2) is 29.7 Å². The van der Waals surface area contributed by atoms with Crippen LogP contribution in [0.2, 0.25) is 0 Å². The number of thiophene rings is 1. The van der Waals surface area contributed by atoms with Crippen molar-refractivity contribution in [3.8, 4) is 0 Å². The molecule has 1 heterocycles. The van der Waals surface area contributed by atoms with Crippen molar-refractivity contribution in [2.45, 2.75) is 32.6 Å². The first-order valence-electron chi connectivity index (χ1n) is 5.43. The average Bonchev–Trinajstić information content (AvgIpc) is 2.73. The number of carbonyl (C=O) groups excluding carboxylic acids is 1. The fourth-order valence-electron chi connectivity index (χ4n) is 1.34. The van der Waals surface area contributed by atoms with E-state index in [2.05, 4.69) is 0 Å². The van der Waals surface area contributed by atoms with Crippen LogP contribution in [0.15, 0.2) is 17.5 Å². The zero-order valence-corrected chi connectivity index (χ0v) is 10.9. The van der Waals surface area contributed by atoms with Crippen LogP contribution < -0.4 is 5.32 Å². The minimum absolute atomic E-state index is 0.166. The Morgan fingerprint density at radius 1 is 1.50 bits per heavy atom. The van der Waals surface area contributed by atoms with Crippen LogP contribution in [0.5, 0.6) is 0 Å². The van der Waals surface area contributed by atoms with Gasteiger partial charge in [0.25, 0.3) is 0 Å². The van der Waals surface area contributed by atoms with Crippen molar-refractivity contribution in [1.82, 2.24) is 10.2 Å². The summed E-state index contributed by atoms with van der Waals surface area (Å²) in [6.07, 6.45) is -4.39. The lowest BCUT2D eigenvalue weighted by Gasteiger charge is -2.26. The number of urea groups is 1. The molecular weight excluding hydrogens is 265 g/mol. The summed E-state index contributed by atoms with van der Waals surface area (Å²) in [5.41, 5.74) is 0. The van der Waals surface area contributed by atoms with Crippen LogP contribution >= 0.6 is 11.3 Å². The molecule has 1 aromatic heterocycles. The molecule has 0 fully saturated rings. The summed E-state index contributed by atoms with van der Waals surface area (Å²) in [6.45, 7) is 2.54. The number of alkyl halides is 3. The normalized spacial score (nSPS) is 11.7. The zero-order chi connectivity index (χ0) is 13.8. The molecule has 1 N–H and O–H groups in total. The predicted octanol–water partition coefficient (Wildman–Crippen LogP) is 3.23. The third-order valence-electron chi connectivity index (χ3n) is 2.23. The van der Waals surface area contributed by atoms with Gasteiger partial charge in [0.1, 0.15) is 6.54 Å². The van der Waals surface area contributed by atoms with Gasteiger partial charge in [-0.05, 0) is 25.3 Å². The van der Waals surface area contributed by atoms with Crippen LogP contribution in [0.25, 0.3) is 0 Å². The lowest BCUT2D eigenvalue weighted by molar-refractivity contribution is -0.123. The van der Waals surface area contributed by atoms with Crippen molar-refractivity contribution in [2.24, 2.45) is 0 Å². The van der Waals surface area contributed by atoms with E-state index in [1.807, 2.05) is 22.8 Å². The second-order valence-corrected chi connectivity index (χ2v) is 5.11. The Hall–Kier alpha value is -1.24. The van der Waals surface area contributed by atoms with E-state index in [-0.39, 0.29) is 6.04 Å². The molecule has 18 heavy (non-hydrogen) atoms. The molecule has 0 aliphatic carbocycles. The molecule has 102 valence electrons. The average molecular weight is 280 g/mol. The monoisotopic (exact) mass is 280 g/mol. The van der Waals surface area contributed by atoms with E-state index < -0.39 is 18.8 Å². The minimum Gasteiger partial charge on any atom is -0.329 e. The Morgan fingerprint density at radius 3 is 2.61 bits per heavy atom. The Bertz CT molecular complexity index is 376. The van der Waals surface area contributed by atoms with E-state index in [4.69, 9.17) is 0 Å². The first-order valence-corrected chi connectivity index (χ1v) is 6.31. The van der Waals surface area contributed by atoms with Gasteiger partial charge in [-0.1, -0.05) is 6.07 Å². The van der Waals surface area contributed by atoms with Gasteiger partial charge in [0.05, 0.1) is 6.54 Å². The van der Waals surface area contributed by atoms with Gasteiger partial charge in [-0.25, -0.2) is 4.79 Å². The molecular formula is C11H15F3N2OS. The Labute approximate surface area is 108 Å². The van der Waals surface area contributed by atoms with Crippen LogP contribution in [-0.2, 0) is 6.54 Å². The summed E-state index contributed by atoms with van der Waals surface area (Å²) < 4.78 is 36.1. The molecule has 0 bridgehead atoms. The van der Waals surface area contributed by atoms with Crippen molar-refractivity contribution in [3.05, 3.63) is 22.4 Å². The molecule has 3 nitrogen and oxygen atoms in total. The van der Waals surface area contributed by atoms with Gasteiger partial charge in [0.2, 0.25) is 0 Å². The molecule has 0 unspecified atom stereocenters. The fraction of sp³-hybridized carbons (Fsp3) is 0.545. The number of rotatable bonds is 4. The Kier molecular flexibility index (Phi) is 5.01. The number of carbonyl (C=O) groups is 1. The summed E-state index contributed by atoms with van der Waals surface area (Å²) in [5.74, 6) is 0. The predicted molar refractivity (Wildman–Crippen MR) is 64.5 cm³/mol. The van der Waals surface area contributed by atoms with Crippen LogP contribution in [0.4, 0.5) is 18.0 Å². The molecule has 0 atom stereocenters. The van der Waals surface area contributed by atoms with E-state index in [0.29, 0.717) is 6.54 Å². The lowest BCUT2D eigenvalue weighted by atomic mass is 10.3. The van der Waals surface area contributed by atoms with E-state index in [1.165, 1.54) is 16.2 Å². The molecule has 0 saturated heterocycles. The summed E-state index contributed by atoms with van der Waals surface area (Å²) in [7, 11) is 0. The maximum Gasteiger partial charge on any atom is 0.405 e. The van der Waals surface area contributed by atoms with Crippen molar-refractivity contribution in [1.29, 1.82) is 0 Å². The van der Waals surface area contributed by atoms with E-state index in [0.717, 1.165) is 4.88 Å². The summed E-state index contributed by atoms with van der Waals surface area (Å²) >= 11 is 1.47. The van der Waals surface area contributed by atoms with Gasteiger partial charge < -0.3 is 10.2 Å². The molecule has 1 aromatic rings. The van der Waals surface area contributed by atoms with Gasteiger partial charge in [-0.3, -0.25) is 0 Å².